The second-order valence-corrected chi connectivity index (χ2v) is 9.14. The van der Waals surface area contributed by atoms with E-state index in [4.69, 9.17) is 16.0 Å². The van der Waals surface area contributed by atoms with Crippen LogP contribution in [-0.4, -0.2) is 66.1 Å². The summed E-state index contributed by atoms with van der Waals surface area (Å²) < 4.78 is 5.34. The zero-order valence-corrected chi connectivity index (χ0v) is 19.4. The summed E-state index contributed by atoms with van der Waals surface area (Å²) in [5.74, 6) is 1.33. The third kappa shape index (κ3) is 4.84. The molecule has 0 saturated carbocycles. The smallest absolute Gasteiger partial charge is 0.246 e. The van der Waals surface area contributed by atoms with Crippen LogP contribution in [0.1, 0.15) is 41.4 Å². The van der Waals surface area contributed by atoms with Gasteiger partial charge in [-0.1, -0.05) is 17.7 Å². The highest BCUT2D eigenvalue weighted by atomic mass is 35.5. The first-order valence-electron chi connectivity index (χ1n) is 11.1. The van der Waals surface area contributed by atoms with E-state index in [-0.39, 0.29) is 11.9 Å². The van der Waals surface area contributed by atoms with Crippen molar-refractivity contribution in [1.82, 2.24) is 35.0 Å². The van der Waals surface area contributed by atoms with Crippen LogP contribution in [0.15, 0.2) is 35.0 Å². The SMILES string of the molecule is Cc1nnn(Cc2cc(Cl)ccc2C=CC(=O)N2CC3CCC2CN3Cc2coc(C)n2)n1. The highest BCUT2D eigenvalue weighted by molar-refractivity contribution is 6.30. The topological polar surface area (TPSA) is 93.2 Å². The van der Waals surface area contributed by atoms with Crippen molar-refractivity contribution in [2.75, 3.05) is 13.1 Å². The molecule has 1 aromatic carbocycles. The van der Waals surface area contributed by atoms with Gasteiger partial charge in [0.05, 0.1) is 12.2 Å². The summed E-state index contributed by atoms with van der Waals surface area (Å²) in [4.78, 5) is 23.5. The molecule has 0 radical (unpaired) electrons. The van der Waals surface area contributed by atoms with Gasteiger partial charge in [0.25, 0.3) is 0 Å². The number of aromatic nitrogens is 5. The summed E-state index contributed by atoms with van der Waals surface area (Å²) in [5, 5.41) is 12.8. The maximum atomic E-state index is 13.1. The molecule has 3 fully saturated rings. The van der Waals surface area contributed by atoms with Crippen molar-refractivity contribution >= 4 is 23.6 Å². The predicted molar refractivity (Wildman–Crippen MR) is 122 cm³/mol. The van der Waals surface area contributed by atoms with E-state index in [1.807, 2.05) is 36.1 Å². The third-order valence-corrected chi connectivity index (χ3v) is 6.57. The fourth-order valence-electron chi connectivity index (χ4n) is 4.74. The number of hydrogen-bond acceptors (Lipinski definition) is 7. The van der Waals surface area contributed by atoms with Crippen LogP contribution in [0.3, 0.4) is 0 Å². The Morgan fingerprint density at radius 2 is 2.06 bits per heavy atom. The quantitative estimate of drug-likeness (QED) is 0.514. The standard InChI is InChI=1S/C23H26ClN7O2/c1-15-26-28-31(27-15)10-18-9-19(24)5-3-17(18)4-8-23(32)30-13-21-6-7-22(30)12-29(21)11-20-14-33-16(2)25-20/h3-5,8-9,14,21-22H,6-7,10-13H2,1-2H3. The van der Waals surface area contributed by atoms with Crippen LogP contribution >= 0.6 is 11.6 Å². The van der Waals surface area contributed by atoms with Crippen molar-refractivity contribution < 1.29 is 9.21 Å². The molecule has 5 heterocycles. The Morgan fingerprint density at radius 1 is 1.21 bits per heavy atom. The van der Waals surface area contributed by atoms with Gasteiger partial charge in [0.2, 0.25) is 5.91 Å². The number of halogens is 1. The highest BCUT2D eigenvalue weighted by Gasteiger charge is 2.40. The van der Waals surface area contributed by atoms with Gasteiger partial charge in [0.15, 0.2) is 11.7 Å². The van der Waals surface area contributed by atoms with E-state index in [0.717, 1.165) is 49.3 Å². The molecule has 2 atom stereocenters. The first-order valence-corrected chi connectivity index (χ1v) is 11.5. The molecule has 2 aromatic heterocycles. The zero-order chi connectivity index (χ0) is 22.9. The predicted octanol–water partition coefficient (Wildman–Crippen LogP) is 2.87. The number of amides is 1. The van der Waals surface area contributed by atoms with Crippen LogP contribution in [-0.2, 0) is 17.9 Å². The summed E-state index contributed by atoms with van der Waals surface area (Å²) in [7, 11) is 0. The average molecular weight is 468 g/mol. The molecule has 0 spiro atoms. The van der Waals surface area contributed by atoms with Gasteiger partial charge < -0.3 is 9.32 Å². The Kier molecular flexibility index (Phi) is 5.99. The van der Waals surface area contributed by atoms with E-state index in [9.17, 15) is 4.79 Å². The highest BCUT2D eigenvalue weighted by Crippen LogP contribution is 2.30. The molecule has 3 aliphatic heterocycles. The minimum Gasteiger partial charge on any atom is -0.449 e. The van der Waals surface area contributed by atoms with Crippen LogP contribution < -0.4 is 0 Å². The first-order chi connectivity index (χ1) is 15.9. The first kappa shape index (κ1) is 21.8. The van der Waals surface area contributed by atoms with Crippen molar-refractivity contribution in [2.45, 2.75) is 51.9 Å². The molecule has 2 bridgehead atoms. The zero-order valence-electron chi connectivity index (χ0n) is 18.7. The number of carbonyl (C=O) groups is 1. The number of carbonyl (C=O) groups excluding carboxylic acids is 1. The third-order valence-electron chi connectivity index (χ3n) is 6.33. The molecule has 33 heavy (non-hydrogen) atoms. The lowest BCUT2D eigenvalue weighted by Crippen LogP contribution is -2.63. The number of oxazole rings is 1. The Balaban J connectivity index is 1.26. The molecule has 10 heteroatoms. The summed E-state index contributed by atoms with van der Waals surface area (Å²) in [6, 6.07) is 6.16. The molecule has 1 amide bonds. The maximum absolute atomic E-state index is 13.1. The van der Waals surface area contributed by atoms with Crippen LogP contribution in [0.4, 0.5) is 0 Å². The average Bonchev–Trinajstić information content (AvgIpc) is 3.40. The van der Waals surface area contributed by atoms with Gasteiger partial charge in [0.1, 0.15) is 6.26 Å². The van der Waals surface area contributed by atoms with E-state index in [2.05, 4.69) is 25.3 Å². The number of piperidine rings is 2. The monoisotopic (exact) mass is 467 g/mol. The summed E-state index contributed by atoms with van der Waals surface area (Å²) in [5.41, 5.74) is 2.79. The van der Waals surface area contributed by atoms with Gasteiger partial charge >= 0.3 is 0 Å². The number of benzene rings is 1. The Hall–Kier alpha value is -3.04. The molecule has 3 aliphatic rings. The number of fused-ring (bicyclic) bond motifs is 3. The number of aryl methyl sites for hydroxylation is 2. The van der Waals surface area contributed by atoms with Crippen molar-refractivity contribution in [3.05, 3.63) is 64.1 Å². The van der Waals surface area contributed by atoms with Crippen molar-refractivity contribution in [3.63, 3.8) is 0 Å². The molecule has 3 saturated heterocycles. The number of hydrogen-bond donors (Lipinski definition) is 0. The minimum atomic E-state index is 0.0391. The molecule has 2 unspecified atom stereocenters. The number of rotatable bonds is 6. The van der Waals surface area contributed by atoms with E-state index in [1.54, 1.807) is 19.3 Å². The van der Waals surface area contributed by atoms with Crippen LogP contribution in [0, 0.1) is 13.8 Å². The lowest BCUT2D eigenvalue weighted by Gasteiger charge is -2.51. The van der Waals surface area contributed by atoms with Crippen molar-refractivity contribution in [3.8, 4) is 0 Å². The molecule has 172 valence electrons. The molecular weight excluding hydrogens is 442 g/mol. The maximum Gasteiger partial charge on any atom is 0.246 e. The number of nitrogens with zero attached hydrogens (tertiary/aromatic N) is 7. The van der Waals surface area contributed by atoms with Crippen molar-refractivity contribution in [2.24, 2.45) is 0 Å². The molecular formula is C23H26ClN7O2. The molecule has 3 aromatic rings. The van der Waals surface area contributed by atoms with E-state index < -0.39 is 0 Å². The largest absolute Gasteiger partial charge is 0.449 e. The normalized spacial score (nSPS) is 20.8. The summed E-state index contributed by atoms with van der Waals surface area (Å²) in [6.07, 6.45) is 7.38. The Bertz CT molecular complexity index is 1190. The van der Waals surface area contributed by atoms with Crippen molar-refractivity contribution in [1.29, 1.82) is 0 Å². The molecule has 6 rings (SSSR count). The fraction of sp³-hybridized carbons (Fsp3) is 0.435. The summed E-state index contributed by atoms with van der Waals surface area (Å²) >= 11 is 6.21. The molecule has 9 nitrogen and oxygen atoms in total. The van der Waals surface area contributed by atoms with E-state index in [0.29, 0.717) is 29.3 Å². The lowest BCUT2D eigenvalue weighted by molar-refractivity contribution is -0.136. The van der Waals surface area contributed by atoms with Gasteiger partial charge in [-0.3, -0.25) is 9.69 Å². The van der Waals surface area contributed by atoms with Gasteiger partial charge in [-0.2, -0.15) is 4.80 Å². The fourth-order valence-corrected chi connectivity index (χ4v) is 4.94. The second kappa shape index (κ2) is 9.07. The lowest BCUT2D eigenvalue weighted by atomic mass is 9.90. The van der Waals surface area contributed by atoms with Crippen LogP contribution in [0.2, 0.25) is 5.02 Å². The van der Waals surface area contributed by atoms with E-state index in [1.165, 1.54) is 4.80 Å². The number of tetrazole rings is 1. The Labute approximate surface area is 197 Å². The second-order valence-electron chi connectivity index (χ2n) is 8.71. The van der Waals surface area contributed by atoms with Gasteiger partial charge in [-0.25, -0.2) is 4.98 Å². The van der Waals surface area contributed by atoms with E-state index >= 15 is 0 Å². The Morgan fingerprint density at radius 3 is 2.76 bits per heavy atom. The van der Waals surface area contributed by atoms with Crippen LogP contribution in [0.5, 0.6) is 0 Å². The van der Waals surface area contributed by atoms with Crippen LogP contribution in [0.25, 0.3) is 6.08 Å². The van der Waals surface area contributed by atoms with Gasteiger partial charge in [-0.15, -0.1) is 10.2 Å². The summed E-state index contributed by atoms with van der Waals surface area (Å²) in [6.45, 7) is 6.44. The van der Waals surface area contributed by atoms with Gasteiger partial charge in [-0.05, 0) is 54.3 Å². The molecule has 0 aliphatic carbocycles. The number of piperazine rings is 1. The molecule has 0 N–H and O–H groups in total. The minimum absolute atomic E-state index is 0.0391. The van der Waals surface area contributed by atoms with Gasteiger partial charge in [0, 0.05) is 49.7 Å².